The molecule has 116 valence electrons. The first-order valence-electron chi connectivity index (χ1n) is 7.77. The summed E-state index contributed by atoms with van der Waals surface area (Å²) in [6.07, 6.45) is 5.81. The molecule has 2 aromatic heterocycles. The number of nitrogens with two attached hydrogens (primary N) is 1. The molecule has 0 aromatic carbocycles. The SMILES string of the molecule is CCCN(CCCN)c1nccn2nc(C(C)(C)C)cc12. The van der Waals surface area contributed by atoms with Gasteiger partial charge < -0.3 is 10.6 Å². The first-order chi connectivity index (χ1) is 9.97. The molecule has 0 bridgehead atoms. The average Bonchev–Trinajstić information content (AvgIpc) is 2.87. The summed E-state index contributed by atoms with van der Waals surface area (Å²) in [7, 11) is 0. The van der Waals surface area contributed by atoms with Crippen molar-refractivity contribution in [2.45, 2.75) is 46.0 Å². The first-order valence-corrected chi connectivity index (χ1v) is 7.77. The highest BCUT2D eigenvalue weighted by molar-refractivity contribution is 5.69. The fraction of sp³-hybridized carbons (Fsp3) is 0.625. The number of hydrogen-bond donors (Lipinski definition) is 1. The van der Waals surface area contributed by atoms with Gasteiger partial charge in [0, 0.05) is 30.9 Å². The molecule has 0 amide bonds. The number of fused-ring (bicyclic) bond motifs is 1. The Balaban J connectivity index is 2.44. The van der Waals surface area contributed by atoms with Gasteiger partial charge >= 0.3 is 0 Å². The van der Waals surface area contributed by atoms with E-state index in [1.807, 2.05) is 16.9 Å². The van der Waals surface area contributed by atoms with Crippen molar-refractivity contribution >= 4 is 11.3 Å². The van der Waals surface area contributed by atoms with Crippen molar-refractivity contribution in [3.05, 3.63) is 24.2 Å². The molecule has 2 heterocycles. The van der Waals surface area contributed by atoms with Crippen LogP contribution in [0.5, 0.6) is 0 Å². The third-order valence-corrected chi connectivity index (χ3v) is 3.56. The van der Waals surface area contributed by atoms with Gasteiger partial charge in [0.25, 0.3) is 0 Å². The zero-order valence-electron chi connectivity index (χ0n) is 13.6. The lowest BCUT2D eigenvalue weighted by molar-refractivity contribution is 0.562. The second-order valence-corrected chi connectivity index (χ2v) is 6.49. The lowest BCUT2D eigenvalue weighted by Crippen LogP contribution is -2.28. The number of hydrogen-bond acceptors (Lipinski definition) is 4. The Morgan fingerprint density at radius 3 is 2.67 bits per heavy atom. The monoisotopic (exact) mass is 289 g/mol. The Labute approximate surface area is 127 Å². The van der Waals surface area contributed by atoms with Crippen LogP contribution in [0.1, 0.15) is 46.2 Å². The summed E-state index contributed by atoms with van der Waals surface area (Å²) >= 11 is 0. The maximum absolute atomic E-state index is 5.66. The van der Waals surface area contributed by atoms with Crippen molar-refractivity contribution in [1.82, 2.24) is 14.6 Å². The van der Waals surface area contributed by atoms with E-state index in [-0.39, 0.29) is 5.41 Å². The maximum Gasteiger partial charge on any atom is 0.154 e. The standard InChI is InChI=1S/C16H27N5/c1-5-9-20(10-6-7-17)15-13-12-14(16(2,3)4)19-21(13)11-8-18-15/h8,11-12H,5-7,9-10,17H2,1-4H3. The minimum atomic E-state index is 0.0378. The average molecular weight is 289 g/mol. The van der Waals surface area contributed by atoms with E-state index in [4.69, 9.17) is 10.8 Å². The fourth-order valence-corrected chi connectivity index (χ4v) is 2.39. The van der Waals surface area contributed by atoms with Crippen LogP contribution in [0.25, 0.3) is 5.52 Å². The molecule has 0 spiro atoms. The number of rotatable bonds is 6. The van der Waals surface area contributed by atoms with Crippen molar-refractivity contribution in [1.29, 1.82) is 0 Å². The molecule has 0 saturated carbocycles. The van der Waals surface area contributed by atoms with Crippen LogP contribution in [-0.2, 0) is 5.41 Å². The van der Waals surface area contributed by atoms with Gasteiger partial charge in [0.15, 0.2) is 5.82 Å². The molecule has 2 aromatic rings. The zero-order valence-corrected chi connectivity index (χ0v) is 13.6. The predicted molar refractivity (Wildman–Crippen MR) is 87.9 cm³/mol. The molecule has 2 N–H and O–H groups in total. The van der Waals surface area contributed by atoms with Gasteiger partial charge in [-0.15, -0.1) is 0 Å². The second-order valence-electron chi connectivity index (χ2n) is 6.49. The third kappa shape index (κ3) is 3.53. The molecule has 0 unspecified atom stereocenters. The molecule has 0 fully saturated rings. The Bertz CT molecular complexity index is 582. The topological polar surface area (TPSA) is 59.5 Å². The lowest BCUT2D eigenvalue weighted by Gasteiger charge is -2.23. The van der Waals surface area contributed by atoms with E-state index < -0.39 is 0 Å². The van der Waals surface area contributed by atoms with Gasteiger partial charge in [-0.2, -0.15) is 5.10 Å². The quantitative estimate of drug-likeness (QED) is 0.888. The summed E-state index contributed by atoms with van der Waals surface area (Å²) < 4.78 is 1.94. The summed E-state index contributed by atoms with van der Waals surface area (Å²) in [4.78, 5) is 6.91. The summed E-state index contributed by atoms with van der Waals surface area (Å²) in [5, 5.41) is 4.69. The Morgan fingerprint density at radius 2 is 2.05 bits per heavy atom. The van der Waals surface area contributed by atoms with Crippen molar-refractivity contribution in [3.63, 3.8) is 0 Å². The molecule has 21 heavy (non-hydrogen) atoms. The van der Waals surface area contributed by atoms with Gasteiger partial charge in [-0.25, -0.2) is 9.50 Å². The Hall–Kier alpha value is -1.62. The van der Waals surface area contributed by atoms with Gasteiger partial charge in [-0.1, -0.05) is 27.7 Å². The molecule has 0 aliphatic rings. The highest BCUT2D eigenvalue weighted by Gasteiger charge is 2.20. The van der Waals surface area contributed by atoms with Crippen LogP contribution >= 0.6 is 0 Å². The van der Waals surface area contributed by atoms with Gasteiger partial charge in [0.1, 0.15) is 5.52 Å². The molecule has 0 saturated heterocycles. The van der Waals surface area contributed by atoms with Gasteiger partial charge in [0.05, 0.1) is 5.69 Å². The van der Waals surface area contributed by atoms with Gasteiger partial charge in [-0.05, 0) is 25.5 Å². The van der Waals surface area contributed by atoms with Crippen LogP contribution in [-0.4, -0.2) is 34.2 Å². The Kier molecular flexibility index (Phi) is 4.83. The van der Waals surface area contributed by atoms with Crippen LogP contribution in [0.15, 0.2) is 18.5 Å². The zero-order chi connectivity index (χ0) is 15.5. The number of aromatic nitrogens is 3. The van der Waals surface area contributed by atoms with Crippen molar-refractivity contribution in [2.75, 3.05) is 24.5 Å². The summed E-state index contributed by atoms with van der Waals surface area (Å²) in [6.45, 7) is 11.4. The summed E-state index contributed by atoms with van der Waals surface area (Å²) in [5.41, 5.74) is 7.86. The van der Waals surface area contributed by atoms with E-state index in [9.17, 15) is 0 Å². The second kappa shape index (κ2) is 6.43. The van der Waals surface area contributed by atoms with Crippen molar-refractivity contribution < 1.29 is 0 Å². The molecule has 5 heteroatoms. The molecule has 0 aliphatic carbocycles. The van der Waals surface area contributed by atoms with E-state index >= 15 is 0 Å². The molecule has 0 aliphatic heterocycles. The highest BCUT2D eigenvalue weighted by Crippen LogP contribution is 2.26. The molecule has 5 nitrogen and oxygen atoms in total. The third-order valence-electron chi connectivity index (χ3n) is 3.56. The van der Waals surface area contributed by atoms with E-state index in [1.54, 1.807) is 0 Å². The molecule has 0 radical (unpaired) electrons. The first kappa shape index (κ1) is 15.8. The number of anilines is 1. The lowest BCUT2D eigenvalue weighted by atomic mass is 9.92. The van der Waals surface area contributed by atoms with Crippen LogP contribution < -0.4 is 10.6 Å². The Morgan fingerprint density at radius 1 is 1.29 bits per heavy atom. The smallest absolute Gasteiger partial charge is 0.154 e. The maximum atomic E-state index is 5.66. The van der Waals surface area contributed by atoms with Crippen LogP contribution in [0.3, 0.4) is 0 Å². The van der Waals surface area contributed by atoms with Crippen LogP contribution in [0.2, 0.25) is 0 Å². The van der Waals surface area contributed by atoms with Crippen LogP contribution in [0.4, 0.5) is 5.82 Å². The minimum absolute atomic E-state index is 0.0378. The largest absolute Gasteiger partial charge is 0.355 e. The molecule has 2 rings (SSSR count). The molecule has 0 atom stereocenters. The highest BCUT2D eigenvalue weighted by atomic mass is 15.3. The minimum Gasteiger partial charge on any atom is -0.355 e. The summed E-state index contributed by atoms with van der Waals surface area (Å²) in [5.74, 6) is 1.01. The van der Waals surface area contributed by atoms with Crippen molar-refractivity contribution in [2.24, 2.45) is 5.73 Å². The van der Waals surface area contributed by atoms with E-state index in [2.05, 4.69) is 43.6 Å². The van der Waals surface area contributed by atoms with Crippen LogP contribution in [0, 0.1) is 0 Å². The predicted octanol–water partition coefficient (Wildman–Crippen LogP) is 2.59. The van der Waals surface area contributed by atoms with E-state index in [0.29, 0.717) is 6.54 Å². The normalized spacial score (nSPS) is 12.0. The summed E-state index contributed by atoms with van der Waals surface area (Å²) in [6, 6.07) is 2.16. The molecular weight excluding hydrogens is 262 g/mol. The number of nitrogens with zero attached hydrogens (tertiary/aromatic N) is 4. The fourth-order valence-electron chi connectivity index (χ4n) is 2.39. The van der Waals surface area contributed by atoms with E-state index in [0.717, 1.165) is 43.0 Å². The van der Waals surface area contributed by atoms with Gasteiger partial charge in [-0.3, -0.25) is 0 Å². The van der Waals surface area contributed by atoms with Gasteiger partial charge in [0.2, 0.25) is 0 Å². The van der Waals surface area contributed by atoms with E-state index in [1.165, 1.54) is 0 Å². The molecular formula is C16H27N5. The van der Waals surface area contributed by atoms with Crippen molar-refractivity contribution in [3.8, 4) is 0 Å².